The maximum atomic E-state index is 11.4. The van der Waals surface area contributed by atoms with Gasteiger partial charge in [-0.05, 0) is 19.9 Å². The summed E-state index contributed by atoms with van der Waals surface area (Å²) in [6.45, 7) is 3.33. The lowest BCUT2D eigenvalue weighted by atomic mass is 9.98. The lowest BCUT2D eigenvalue weighted by Crippen LogP contribution is -2.34. The Kier molecular flexibility index (Phi) is 3.19. The van der Waals surface area contributed by atoms with Gasteiger partial charge in [0.25, 0.3) is 0 Å². The van der Waals surface area contributed by atoms with Gasteiger partial charge in [0, 0.05) is 18.0 Å². The van der Waals surface area contributed by atoms with Crippen LogP contribution in [-0.2, 0) is 15.1 Å². The molecule has 0 fully saturated rings. The monoisotopic (exact) mass is 195 g/mol. The summed E-state index contributed by atoms with van der Waals surface area (Å²) in [5.74, 6) is -0.659. The first-order chi connectivity index (χ1) is 6.59. The molecule has 0 spiro atoms. The molecule has 0 saturated heterocycles. The van der Waals surface area contributed by atoms with Gasteiger partial charge in [0.1, 0.15) is 0 Å². The van der Waals surface area contributed by atoms with E-state index in [1.807, 2.05) is 0 Å². The number of aliphatic hydroxyl groups is 1. The molecule has 0 bridgehead atoms. The van der Waals surface area contributed by atoms with Gasteiger partial charge in [-0.25, -0.2) is 4.79 Å². The summed E-state index contributed by atoms with van der Waals surface area (Å²) in [5, 5.41) is 9.87. The van der Waals surface area contributed by atoms with Gasteiger partial charge in [-0.2, -0.15) is 0 Å². The van der Waals surface area contributed by atoms with Gasteiger partial charge in [0.15, 0.2) is 5.60 Å². The summed E-state index contributed by atoms with van der Waals surface area (Å²) in [6.07, 6.45) is 3.02. The third-order valence-electron chi connectivity index (χ3n) is 1.90. The van der Waals surface area contributed by atoms with E-state index in [0.29, 0.717) is 5.56 Å². The molecule has 0 aromatic carbocycles. The minimum atomic E-state index is -1.62. The van der Waals surface area contributed by atoms with Gasteiger partial charge in [0.2, 0.25) is 0 Å². The first kappa shape index (κ1) is 10.7. The number of carbonyl (C=O) groups excluding carboxylic acids is 1. The maximum absolute atomic E-state index is 11.4. The van der Waals surface area contributed by atoms with Crippen LogP contribution in [0.2, 0.25) is 0 Å². The second kappa shape index (κ2) is 4.19. The van der Waals surface area contributed by atoms with E-state index >= 15 is 0 Å². The number of esters is 1. The molecule has 4 nitrogen and oxygen atoms in total. The van der Waals surface area contributed by atoms with Crippen LogP contribution in [0.5, 0.6) is 0 Å². The molecule has 4 heteroatoms. The average molecular weight is 195 g/mol. The van der Waals surface area contributed by atoms with Crippen molar-refractivity contribution in [1.82, 2.24) is 4.98 Å². The summed E-state index contributed by atoms with van der Waals surface area (Å²) in [7, 11) is 0. The van der Waals surface area contributed by atoms with Crippen LogP contribution in [0.4, 0.5) is 0 Å². The number of aromatic nitrogens is 1. The third-order valence-corrected chi connectivity index (χ3v) is 1.90. The summed E-state index contributed by atoms with van der Waals surface area (Å²) >= 11 is 0. The second-order valence-electron chi connectivity index (χ2n) is 3.03. The van der Waals surface area contributed by atoms with Crippen molar-refractivity contribution in [1.29, 1.82) is 0 Å². The van der Waals surface area contributed by atoms with Crippen molar-refractivity contribution in [2.45, 2.75) is 19.4 Å². The number of nitrogens with zero attached hydrogens (tertiary/aromatic N) is 1. The number of rotatable bonds is 3. The van der Waals surface area contributed by atoms with Gasteiger partial charge >= 0.3 is 5.97 Å². The first-order valence-corrected chi connectivity index (χ1v) is 4.39. The SMILES string of the molecule is CCOC(=O)C(C)(O)c1cccnc1. The van der Waals surface area contributed by atoms with Gasteiger partial charge < -0.3 is 9.84 Å². The summed E-state index contributed by atoms with van der Waals surface area (Å²) in [4.78, 5) is 15.2. The number of carbonyl (C=O) groups is 1. The Balaban J connectivity index is 2.90. The summed E-state index contributed by atoms with van der Waals surface area (Å²) < 4.78 is 4.74. The number of ether oxygens (including phenoxy) is 1. The zero-order valence-corrected chi connectivity index (χ0v) is 8.23. The quantitative estimate of drug-likeness (QED) is 0.726. The predicted molar refractivity (Wildman–Crippen MR) is 50.4 cm³/mol. The highest BCUT2D eigenvalue weighted by atomic mass is 16.5. The standard InChI is InChI=1S/C10H13NO3/c1-3-14-9(12)10(2,13)8-5-4-6-11-7-8/h4-7,13H,3H2,1-2H3. The Hall–Kier alpha value is -1.42. The highest BCUT2D eigenvalue weighted by molar-refractivity contribution is 5.80. The average Bonchev–Trinajstić information content (AvgIpc) is 2.19. The summed E-state index contributed by atoms with van der Waals surface area (Å²) in [5.41, 5.74) is -1.19. The lowest BCUT2D eigenvalue weighted by molar-refractivity contribution is -0.164. The minimum absolute atomic E-state index is 0.245. The van der Waals surface area contributed by atoms with Crippen LogP contribution >= 0.6 is 0 Å². The third kappa shape index (κ3) is 2.09. The molecule has 0 saturated carbocycles. The van der Waals surface area contributed by atoms with Crippen molar-refractivity contribution in [3.63, 3.8) is 0 Å². The van der Waals surface area contributed by atoms with Crippen molar-refractivity contribution in [2.24, 2.45) is 0 Å². The van der Waals surface area contributed by atoms with Crippen LogP contribution in [0.3, 0.4) is 0 Å². The van der Waals surface area contributed by atoms with Gasteiger partial charge in [-0.15, -0.1) is 0 Å². The molecule has 1 heterocycles. The van der Waals surface area contributed by atoms with Gasteiger partial charge in [0.05, 0.1) is 6.61 Å². The van der Waals surface area contributed by atoms with Crippen LogP contribution in [0.1, 0.15) is 19.4 Å². The zero-order chi connectivity index (χ0) is 10.6. The predicted octanol–water partition coefficient (Wildman–Crippen LogP) is 0.852. The molecule has 0 aliphatic carbocycles. The Morgan fingerprint density at radius 3 is 2.93 bits per heavy atom. The van der Waals surface area contributed by atoms with Gasteiger partial charge in [-0.1, -0.05) is 6.07 Å². The molecule has 1 aromatic heterocycles. The highest BCUT2D eigenvalue weighted by Crippen LogP contribution is 2.20. The summed E-state index contributed by atoms with van der Waals surface area (Å²) in [6, 6.07) is 3.28. The van der Waals surface area contributed by atoms with Crippen molar-refractivity contribution in [2.75, 3.05) is 6.61 Å². The number of pyridine rings is 1. The van der Waals surface area contributed by atoms with Crippen LogP contribution in [-0.4, -0.2) is 22.7 Å². The van der Waals surface area contributed by atoms with Crippen molar-refractivity contribution in [3.8, 4) is 0 Å². The Bertz CT molecular complexity index is 308. The topological polar surface area (TPSA) is 59.4 Å². The van der Waals surface area contributed by atoms with Crippen LogP contribution in [0, 0.1) is 0 Å². The fourth-order valence-electron chi connectivity index (χ4n) is 1.04. The molecule has 14 heavy (non-hydrogen) atoms. The van der Waals surface area contributed by atoms with E-state index in [9.17, 15) is 9.90 Å². The fraction of sp³-hybridized carbons (Fsp3) is 0.400. The molecule has 1 atom stereocenters. The molecule has 0 radical (unpaired) electrons. The van der Waals surface area contributed by atoms with E-state index in [0.717, 1.165) is 0 Å². The van der Waals surface area contributed by atoms with Crippen LogP contribution in [0.15, 0.2) is 24.5 Å². The van der Waals surface area contributed by atoms with E-state index in [4.69, 9.17) is 4.74 Å². The largest absolute Gasteiger partial charge is 0.464 e. The van der Waals surface area contributed by atoms with Crippen LogP contribution in [0.25, 0.3) is 0 Å². The molecule has 1 rings (SSSR count). The van der Waals surface area contributed by atoms with E-state index in [-0.39, 0.29) is 6.61 Å². The number of hydrogen-bond donors (Lipinski definition) is 1. The molecule has 0 amide bonds. The molecular weight excluding hydrogens is 182 g/mol. The van der Waals surface area contributed by atoms with Gasteiger partial charge in [-0.3, -0.25) is 4.98 Å². The second-order valence-corrected chi connectivity index (χ2v) is 3.03. The van der Waals surface area contributed by atoms with E-state index in [1.165, 1.54) is 13.1 Å². The van der Waals surface area contributed by atoms with Crippen molar-refractivity contribution < 1.29 is 14.6 Å². The molecule has 1 unspecified atom stereocenters. The Labute approximate surface area is 82.5 Å². The maximum Gasteiger partial charge on any atom is 0.342 e. The van der Waals surface area contributed by atoms with E-state index < -0.39 is 11.6 Å². The smallest absolute Gasteiger partial charge is 0.342 e. The van der Waals surface area contributed by atoms with E-state index in [1.54, 1.807) is 25.3 Å². The lowest BCUT2D eigenvalue weighted by Gasteiger charge is -2.20. The normalized spacial score (nSPS) is 14.5. The molecule has 0 aliphatic heterocycles. The Morgan fingerprint density at radius 1 is 1.71 bits per heavy atom. The highest BCUT2D eigenvalue weighted by Gasteiger charge is 2.34. The molecular formula is C10H13NO3. The van der Waals surface area contributed by atoms with Crippen LogP contribution < -0.4 is 0 Å². The fourth-order valence-corrected chi connectivity index (χ4v) is 1.04. The number of hydrogen-bond acceptors (Lipinski definition) is 4. The first-order valence-electron chi connectivity index (χ1n) is 4.39. The molecule has 0 aliphatic rings. The van der Waals surface area contributed by atoms with Crippen molar-refractivity contribution in [3.05, 3.63) is 30.1 Å². The Morgan fingerprint density at radius 2 is 2.43 bits per heavy atom. The minimum Gasteiger partial charge on any atom is -0.464 e. The molecule has 1 N–H and O–H groups in total. The van der Waals surface area contributed by atoms with E-state index in [2.05, 4.69) is 4.98 Å². The van der Waals surface area contributed by atoms with Crippen molar-refractivity contribution >= 4 is 5.97 Å². The molecule has 76 valence electrons. The molecule has 1 aromatic rings. The zero-order valence-electron chi connectivity index (χ0n) is 8.23.